The minimum Gasteiger partial charge on any atom is -0.481 e. The summed E-state index contributed by atoms with van der Waals surface area (Å²) in [6.45, 7) is 2.84. The highest BCUT2D eigenvalue weighted by Gasteiger charge is 2.18. The molecule has 2 N–H and O–H groups in total. The van der Waals surface area contributed by atoms with E-state index in [4.69, 9.17) is 5.11 Å². The average molecular weight is 327 g/mol. The number of carbonyl (C=O) groups is 1. The van der Waals surface area contributed by atoms with Gasteiger partial charge in [-0.2, -0.15) is 0 Å². The van der Waals surface area contributed by atoms with Crippen molar-refractivity contribution in [2.75, 3.05) is 24.5 Å². The van der Waals surface area contributed by atoms with Crippen LogP contribution >= 0.6 is 15.9 Å². The second kappa shape index (κ2) is 6.91. The number of anilines is 1. The van der Waals surface area contributed by atoms with E-state index in [1.807, 2.05) is 12.1 Å². The lowest BCUT2D eigenvalue weighted by molar-refractivity contribution is -0.137. The zero-order valence-corrected chi connectivity index (χ0v) is 12.4. The molecule has 0 aromatic heterocycles. The third kappa shape index (κ3) is 4.51. The maximum Gasteiger partial charge on any atom is 0.303 e. The summed E-state index contributed by atoms with van der Waals surface area (Å²) in [6, 6.07) is 8.54. The van der Waals surface area contributed by atoms with Crippen LogP contribution in [-0.4, -0.2) is 36.8 Å². The monoisotopic (exact) mass is 326 g/mol. The van der Waals surface area contributed by atoms with Gasteiger partial charge >= 0.3 is 5.97 Å². The molecule has 1 heterocycles. The molecule has 4 nitrogen and oxygen atoms in total. The zero-order chi connectivity index (χ0) is 13.7. The summed E-state index contributed by atoms with van der Waals surface area (Å²) >= 11 is 3.44. The lowest BCUT2D eigenvalue weighted by Gasteiger charge is -2.26. The van der Waals surface area contributed by atoms with Crippen LogP contribution in [0.1, 0.15) is 19.3 Å². The minimum atomic E-state index is -0.721. The fourth-order valence-corrected chi connectivity index (χ4v) is 2.64. The fraction of sp³-hybridized carbons (Fsp3) is 0.500. The summed E-state index contributed by atoms with van der Waals surface area (Å²) in [4.78, 5) is 13.0. The molecule has 0 amide bonds. The highest BCUT2D eigenvalue weighted by molar-refractivity contribution is 9.10. The Hall–Kier alpha value is -1.07. The summed E-state index contributed by atoms with van der Waals surface area (Å²) in [5.74, 6) is -0.721. The number of nitrogens with zero attached hydrogens (tertiary/aromatic N) is 1. The Morgan fingerprint density at radius 2 is 2.16 bits per heavy atom. The van der Waals surface area contributed by atoms with Crippen molar-refractivity contribution in [1.29, 1.82) is 0 Å². The van der Waals surface area contributed by atoms with E-state index in [1.165, 1.54) is 5.69 Å². The summed E-state index contributed by atoms with van der Waals surface area (Å²) in [7, 11) is 0. The number of benzene rings is 1. The molecule has 104 valence electrons. The van der Waals surface area contributed by atoms with E-state index >= 15 is 0 Å². The van der Waals surface area contributed by atoms with E-state index in [9.17, 15) is 4.79 Å². The van der Waals surface area contributed by atoms with Crippen molar-refractivity contribution in [2.45, 2.75) is 25.3 Å². The summed E-state index contributed by atoms with van der Waals surface area (Å²) in [6.07, 6.45) is 1.99. The third-order valence-corrected chi connectivity index (χ3v) is 3.91. The number of hydrogen-bond acceptors (Lipinski definition) is 3. The van der Waals surface area contributed by atoms with Crippen molar-refractivity contribution in [1.82, 2.24) is 5.32 Å². The SMILES string of the molecule is O=C(O)CCC1CN(c2ccc(Br)cc2)CCCN1. The first-order valence-electron chi connectivity index (χ1n) is 6.61. The van der Waals surface area contributed by atoms with Gasteiger partial charge in [0.1, 0.15) is 0 Å². The lowest BCUT2D eigenvalue weighted by Crippen LogP contribution is -2.38. The van der Waals surface area contributed by atoms with Crippen LogP contribution in [0.15, 0.2) is 28.7 Å². The van der Waals surface area contributed by atoms with Crippen molar-refractivity contribution in [2.24, 2.45) is 0 Å². The first-order valence-corrected chi connectivity index (χ1v) is 7.40. The number of rotatable bonds is 4. The molecule has 1 aliphatic rings. The van der Waals surface area contributed by atoms with Gasteiger partial charge in [0.25, 0.3) is 0 Å². The Kier molecular flexibility index (Phi) is 5.22. The van der Waals surface area contributed by atoms with E-state index in [2.05, 4.69) is 38.3 Å². The molecular formula is C14H19BrN2O2. The topological polar surface area (TPSA) is 52.6 Å². The van der Waals surface area contributed by atoms with Gasteiger partial charge in [-0.1, -0.05) is 15.9 Å². The van der Waals surface area contributed by atoms with E-state index in [0.29, 0.717) is 6.42 Å². The maximum absolute atomic E-state index is 10.7. The van der Waals surface area contributed by atoms with Crippen LogP contribution in [0.2, 0.25) is 0 Å². The van der Waals surface area contributed by atoms with Crippen LogP contribution in [0.3, 0.4) is 0 Å². The molecule has 5 heteroatoms. The average Bonchev–Trinajstić information content (AvgIpc) is 2.63. The predicted octanol–water partition coefficient (Wildman–Crippen LogP) is 2.48. The molecule has 1 aliphatic heterocycles. The lowest BCUT2D eigenvalue weighted by atomic mass is 10.1. The standard InChI is InChI=1S/C14H19BrN2O2/c15-11-2-5-13(6-3-11)17-9-1-8-16-12(10-17)4-7-14(18)19/h2-3,5-6,12,16H,1,4,7-10H2,(H,18,19). The summed E-state index contributed by atoms with van der Waals surface area (Å²) in [5.41, 5.74) is 1.20. The third-order valence-electron chi connectivity index (χ3n) is 3.38. The molecule has 0 saturated carbocycles. The summed E-state index contributed by atoms with van der Waals surface area (Å²) < 4.78 is 1.08. The normalized spacial score (nSPS) is 20.1. The number of halogens is 1. The van der Waals surface area contributed by atoms with Gasteiger partial charge in [-0.15, -0.1) is 0 Å². The molecule has 0 spiro atoms. The van der Waals surface area contributed by atoms with Gasteiger partial charge in [0, 0.05) is 35.7 Å². The highest BCUT2D eigenvalue weighted by atomic mass is 79.9. The molecule has 1 aromatic carbocycles. The van der Waals surface area contributed by atoms with E-state index in [0.717, 1.165) is 30.5 Å². The number of hydrogen-bond donors (Lipinski definition) is 2. The molecule has 0 radical (unpaired) electrons. The Morgan fingerprint density at radius 1 is 1.42 bits per heavy atom. The second-order valence-corrected chi connectivity index (χ2v) is 5.78. The van der Waals surface area contributed by atoms with E-state index in [-0.39, 0.29) is 12.5 Å². The minimum absolute atomic E-state index is 0.228. The molecule has 1 atom stereocenters. The molecule has 2 rings (SSSR count). The summed E-state index contributed by atoms with van der Waals surface area (Å²) in [5, 5.41) is 12.2. The Morgan fingerprint density at radius 3 is 2.84 bits per heavy atom. The first kappa shape index (κ1) is 14.3. The molecular weight excluding hydrogens is 308 g/mol. The molecule has 1 unspecified atom stereocenters. The van der Waals surface area contributed by atoms with Crippen LogP contribution in [0, 0.1) is 0 Å². The highest BCUT2D eigenvalue weighted by Crippen LogP contribution is 2.20. The predicted molar refractivity (Wildman–Crippen MR) is 79.6 cm³/mol. The van der Waals surface area contributed by atoms with Gasteiger partial charge in [-0.25, -0.2) is 0 Å². The Balaban J connectivity index is 1.99. The quantitative estimate of drug-likeness (QED) is 0.892. The van der Waals surface area contributed by atoms with Crippen LogP contribution < -0.4 is 10.2 Å². The molecule has 0 bridgehead atoms. The molecule has 1 saturated heterocycles. The number of carboxylic acid groups (broad SMARTS) is 1. The van der Waals surface area contributed by atoms with E-state index < -0.39 is 5.97 Å². The van der Waals surface area contributed by atoms with Gasteiger partial charge in [-0.3, -0.25) is 4.79 Å². The van der Waals surface area contributed by atoms with Gasteiger partial charge in [0.2, 0.25) is 0 Å². The number of nitrogens with one attached hydrogen (secondary N) is 1. The van der Waals surface area contributed by atoms with Crippen LogP contribution in [0.25, 0.3) is 0 Å². The van der Waals surface area contributed by atoms with Gasteiger partial charge < -0.3 is 15.3 Å². The van der Waals surface area contributed by atoms with Gasteiger partial charge in [-0.05, 0) is 43.7 Å². The zero-order valence-electron chi connectivity index (χ0n) is 10.8. The molecule has 1 fully saturated rings. The molecule has 0 aliphatic carbocycles. The van der Waals surface area contributed by atoms with E-state index in [1.54, 1.807) is 0 Å². The van der Waals surface area contributed by atoms with Gasteiger partial charge in [0.05, 0.1) is 0 Å². The van der Waals surface area contributed by atoms with Crippen molar-refractivity contribution in [3.63, 3.8) is 0 Å². The second-order valence-electron chi connectivity index (χ2n) is 4.86. The van der Waals surface area contributed by atoms with Crippen LogP contribution in [0.5, 0.6) is 0 Å². The van der Waals surface area contributed by atoms with Crippen molar-refractivity contribution in [3.05, 3.63) is 28.7 Å². The van der Waals surface area contributed by atoms with Crippen LogP contribution in [0.4, 0.5) is 5.69 Å². The number of aliphatic carboxylic acids is 1. The van der Waals surface area contributed by atoms with Gasteiger partial charge in [0.15, 0.2) is 0 Å². The number of carboxylic acids is 1. The largest absolute Gasteiger partial charge is 0.481 e. The van der Waals surface area contributed by atoms with Crippen molar-refractivity contribution >= 4 is 27.6 Å². The van der Waals surface area contributed by atoms with Crippen molar-refractivity contribution in [3.8, 4) is 0 Å². The Labute approximate surface area is 121 Å². The molecule has 19 heavy (non-hydrogen) atoms. The van der Waals surface area contributed by atoms with Crippen LogP contribution in [-0.2, 0) is 4.79 Å². The smallest absolute Gasteiger partial charge is 0.303 e. The van der Waals surface area contributed by atoms with Crippen molar-refractivity contribution < 1.29 is 9.90 Å². The maximum atomic E-state index is 10.7. The fourth-order valence-electron chi connectivity index (χ4n) is 2.38. The Bertz CT molecular complexity index is 422. The first-order chi connectivity index (χ1) is 9.15. The molecule has 1 aromatic rings.